The van der Waals surface area contributed by atoms with Crippen LogP contribution in [0.5, 0.6) is 0 Å². The molecule has 0 atom stereocenters. The predicted molar refractivity (Wildman–Crippen MR) is 71.6 cm³/mol. The number of aliphatic hydroxyl groups excluding tert-OH is 1. The predicted octanol–water partition coefficient (Wildman–Crippen LogP) is 2.13. The van der Waals surface area contributed by atoms with Crippen LogP contribution in [-0.4, -0.2) is 30.4 Å². The molecular weight excluding hydrogens is 269 g/mol. The average Bonchev–Trinajstić information content (AvgIpc) is 2.38. The fourth-order valence-electron chi connectivity index (χ4n) is 1.54. The Kier molecular flexibility index (Phi) is 4.71. The number of halogens is 1. The minimum absolute atomic E-state index is 0.330. The Morgan fingerprint density at radius 1 is 1.37 bits per heavy atom. The van der Waals surface area contributed by atoms with Gasteiger partial charge in [-0.15, -0.1) is 0 Å². The summed E-state index contributed by atoms with van der Waals surface area (Å²) in [5.74, 6) is -0.809. The van der Waals surface area contributed by atoms with E-state index in [4.69, 9.17) is 5.11 Å². The van der Waals surface area contributed by atoms with Gasteiger partial charge in [0.25, 0.3) is 0 Å². The van der Waals surface area contributed by atoms with E-state index in [1.54, 1.807) is 13.8 Å². The van der Waals surface area contributed by atoms with Gasteiger partial charge in [0.2, 0.25) is 10.0 Å². The third-order valence-electron chi connectivity index (χ3n) is 3.53. The van der Waals surface area contributed by atoms with Gasteiger partial charge in [0.1, 0.15) is 10.7 Å². The molecule has 1 aromatic carbocycles. The molecular formula is C13H20FNO3S. The van der Waals surface area contributed by atoms with E-state index in [-0.39, 0.29) is 6.61 Å². The molecule has 0 aromatic heterocycles. The van der Waals surface area contributed by atoms with Gasteiger partial charge in [-0.1, -0.05) is 13.0 Å². The average molecular weight is 289 g/mol. The Morgan fingerprint density at radius 2 is 1.95 bits per heavy atom. The number of rotatable bonds is 5. The highest BCUT2D eigenvalue weighted by atomic mass is 32.2. The molecule has 0 amide bonds. The molecule has 0 saturated carbocycles. The van der Waals surface area contributed by atoms with E-state index >= 15 is 0 Å². The number of aliphatic hydroxyl groups is 1. The van der Waals surface area contributed by atoms with Crippen LogP contribution in [0.1, 0.15) is 32.8 Å². The van der Waals surface area contributed by atoms with E-state index in [9.17, 15) is 12.8 Å². The maximum absolute atomic E-state index is 13.8. The van der Waals surface area contributed by atoms with Crippen LogP contribution in [0.3, 0.4) is 0 Å². The summed E-state index contributed by atoms with van der Waals surface area (Å²) in [6.07, 6.45) is 0.601. The van der Waals surface area contributed by atoms with Crippen molar-refractivity contribution in [1.82, 2.24) is 4.31 Å². The molecule has 0 fully saturated rings. The minimum Gasteiger partial charge on any atom is -0.392 e. The van der Waals surface area contributed by atoms with Gasteiger partial charge in [-0.2, -0.15) is 4.31 Å². The van der Waals surface area contributed by atoms with Crippen LogP contribution in [0.15, 0.2) is 23.1 Å². The molecule has 4 nitrogen and oxygen atoms in total. The van der Waals surface area contributed by atoms with Gasteiger partial charge in [0.15, 0.2) is 0 Å². The van der Waals surface area contributed by atoms with Crippen LogP contribution >= 0.6 is 0 Å². The lowest BCUT2D eigenvalue weighted by atomic mass is 10.0. The quantitative estimate of drug-likeness (QED) is 0.903. The normalized spacial score (nSPS) is 13.0. The monoisotopic (exact) mass is 289 g/mol. The topological polar surface area (TPSA) is 57.6 Å². The van der Waals surface area contributed by atoms with Crippen molar-refractivity contribution >= 4 is 10.0 Å². The molecule has 0 aliphatic rings. The molecule has 0 bridgehead atoms. The molecule has 0 unspecified atom stereocenters. The van der Waals surface area contributed by atoms with Crippen LogP contribution < -0.4 is 0 Å². The second-order valence-electron chi connectivity index (χ2n) is 5.06. The van der Waals surface area contributed by atoms with Crippen molar-refractivity contribution in [2.45, 2.75) is 44.2 Å². The van der Waals surface area contributed by atoms with E-state index in [0.29, 0.717) is 12.0 Å². The Labute approximate surface area is 113 Å². The zero-order chi connectivity index (χ0) is 14.8. The van der Waals surface area contributed by atoms with E-state index in [1.807, 2.05) is 6.92 Å². The van der Waals surface area contributed by atoms with E-state index < -0.39 is 26.3 Å². The van der Waals surface area contributed by atoms with E-state index in [0.717, 1.165) is 6.07 Å². The molecule has 0 aliphatic carbocycles. The smallest absolute Gasteiger partial charge is 0.246 e. The first kappa shape index (κ1) is 16.1. The summed E-state index contributed by atoms with van der Waals surface area (Å²) < 4.78 is 39.8. The Hall–Kier alpha value is -0.980. The minimum atomic E-state index is -3.92. The van der Waals surface area contributed by atoms with Gasteiger partial charge < -0.3 is 5.11 Å². The van der Waals surface area contributed by atoms with Gasteiger partial charge in [-0.05, 0) is 38.0 Å². The molecule has 0 radical (unpaired) electrons. The van der Waals surface area contributed by atoms with Crippen molar-refractivity contribution in [3.05, 3.63) is 29.6 Å². The molecule has 1 rings (SSSR count). The largest absolute Gasteiger partial charge is 0.392 e. The molecule has 0 spiro atoms. The summed E-state index contributed by atoms with van der Waals surface area (Å²) in [7, 11) is -2.49. The number of hydrogen-bond donors (Lipinski definition) is 1. The summed E-state index contributed by atoms with van der Waals surface area (Å²) in [6.45, 7) is 5.09. The van der Waals surface area contributed by atoms with Crippen LogP contribution in [0.25, 0.3) is 0 Å². The first-order valence-electron chi connectivity index (χ1n) is 6.05. The summed E-state index contributed by atoms with van der Waals surface area (Å²) in [6, 6.07) is 3.59. The lowest BCUT2D eigenvalue weighted by Crippen LogP contribution is -2.44. The van der Waals surface area contributed by atoms with Gasteiger partial charge in [-0.3, -0.25) is 0 Å². The third kappa shape index (κ3) is 3.13. The molecule has 108 valence electrons. The van der Waals surface area contributed by atoms with E-state index in [1.165, 1.54) is 23.5 Å². The van der Waals surface area contributed by atoms with Gasteiger partial charge in [-0.25, -0.2) is 12.8 Å². The number of sulfonamides is 1. The fraction of sp³-hybridized carbons (Fsp3) is 0.538. The Balaban J connectivity index is 3.35. The van der Waals surface area contributed by atoms with Crippen molar-refractivity contribution in [2.24, 2.45) is 0 Å². The lowest BCUT2D eigenvalue weighted by Gasteiger charge is -2.33. The molecule has 0 heterocycles. The second kappa shape index (κ2) is 5.56. The Morgan fingerprint density at radius 3 is 2.42 bits per heavy atom. The maximum Gasteiger partial charge on any atom is 0.246 e. The van der Waals surface area contributed by atoms with Crippen molar-refractivity contribution < 1.29 is 17.9 Å². The van der Waals surface area contributed by atoms with Gasteiger partial charge in [0.05, 0.1) is 6.61 Å². The van der Waals surface area contributed by atoms with Crippen LogP contribution in [0.4, 0.5) is 4.39 Å². The number of nitrogens with zero attached hydrogens (tertiary/aromatic N) is 1. The number of benzene rings is 1. The first-order valence-corrected chi connectivity index (χ1v) is 7.49. The zero-order valence-electron chi connectivity index (χ0n) is 11.6. The number of hydrogen-bond acceptors (Lipinski definition) is 3. The molecule has 0 aliphatic heterocycles. The molecule has 1 N–H and O–H groups in total. The lowest BCUT2D eigenvalue weighted by molar-refractivity contribution is 0.256. The molecule has 1 aromatic rings. The second-order valence-corrected chi connectivity index (χ2v) is 7.00. The highest BCUT2D eigenvalue weighted by Gasteiger charge is 2.34. The highest BCUT2D eigenvalue weighted by Crippen LogP contribution is 2.27. The fourth-order valence-corrected chi connectivity index (χ4v) is 3.23. The van der Waals surface area contributed by atoms with E-state index in [2.05, 4.69) is 0 Å². The summed E-state index contributed by atoms with van der Waals surface area (Å²) in [5, 5.41) is 9.03. The highest BCUT2D eigenvalue weighted by molar-refractivity contribution is 7.89. The molecule has 0 saturated heterocycles. The van der Waals surface area contributed by atoms with Crippen molar-refractivity contribution in [2.75, 3.05) is 7.05 Å². The third-order valence-corrected chi connectivity index (χ3v) is 5.62. The summed E-state index contributed by atoms with van der Waals surface area (Å²) in [4.78, 5) is -0.400. The SMILES string of the molecule is CCC(C)(C)N(C)S(=O)(=O)c1cc(CO)ccc1F. The van der Waals surface area contributed by atoms with Crippen molar-refractivity contribution in [1.29, 1.82) is 0 Å². The summed E-state index contributed by atoms with van der Waals surface area (Å²) >= 11 is 0. The standard InChI is InChI=1S/C13H20FNO3S/c1-5-13(2,3)15(4)19(17,18)12-8-10(9-16)6-7-11(12)14/h6-8,16H,5,9H2,1-4H3. The van der Waals surface area contributed by atoms with Gasteiger partial charge >= 0.3 is 0 Å². The van der Waals surface area contributed by atoms with Gasteiger partial charge in [0, 0.05) is 12.6 Å². The molecule has 19 heavy (non-hydrogen) atoms. The summed E-state index contributed by atoms with van der Waals surface area (Å²) in [5.41, 5.74) is -0.247. The first-order chi connectivity index (χ1) is 8.66. The van der Waals surface area contributed by atoms with Crippen LogP contribution in [-0.2, 0) is 16.6 Å². The zero-order valence-corrected chi connectivity index (χ0v) is 12.5. The maximum atomic E-state index is 13.8. The van der Waals surface area contributed by atoms with Crippen LogP contribution in [0.2, 0.25) is 0 Å². The van der Waals surface area contributed by atoms with Crippen LogP contribution in [0, 0.1) is 5.82 Å². The molecule has 6 heteroatoms. The Bertz CT molecular complexity index is 555. The van der Waals surface area contributed by atoms with Crippen molar-refractivity contribution in [3.63, 3.8) is 0 Å². The van der Waals surface area contributed by atoms with Crippen molar-refractivity contribution in [3.8, 4) is 0 Å².